The minimum Gasteiger partial charge on any atom is -0.478 e. The standard InChI is InChI=1S/C27H24Cl2N4O3/c1-16-14-30-11-13-32(16)26-25(19(15-31-26)24-20(28)5-3-6-21(24)29)27(36)33-12-10-18-17(8-9-23(34)35)4-2-7-22(18)33/h2-10,12,15-16,30-31H,11,13-14H2,1H3,(H,34,35)/b9-8+/t16-/m1/s1. The first-order valence-corrected chi connectivity index (χ1v) is 12.3. The lowest BCUT2D eigenvalue weighted by atomic mass is 10.0. The molecule has 1 aliphatic rings. The highest BCUT2D eigenvalue weighted by atomic mass is 35.5. The molecule has 0 aliphatic carbocycles. The number of nitrogens with one attached hydrogen (secondary N) is 2. The molecule has 1 atom stereocenters. The van der Waals surface area contributed by atoms with Gasteiger partial charge in [0.2, 0.25) is 0 Å². The van der Waals surface area contributed by atoms with Gasteiger partial charge < -0.3 is 20.3 Å². The van der Waals surface area contributed by atoms with Crippen molar-refractivity contribution in [2.24, 2.45) is 0 Å². The molecule has 0 radical (unpaired) electrons. The first kappa shape index (κ1) is 24.2. The van der Waals surface area contributed by atoms with Gasteiger partial charge in [0.15, 0.2) is 0 Å². The number of carboxylic acids is 1. The Hall–Kier alpha value is -3.52. The number of fused-ring (bicyclic) bond motifs is 1. The summed E-state index contributed by atoms with van der Waals surface area (Å²) in [6, 6.07) is 12.7. The molecule has 4 aromatic rings. The molecule has 0 unspecified atom stereocenters. The van der Waals surface area contributed by atoms with Gasteiger partial charge in [0, 0.05) is 70.7 Å². The van der Waals surface area contributed by atoms with Gasteiger partial charge in [0.25, 0.3) is 5.91 Å². The number of anilines is 1. The van der Waals surface area contributed by atoms with E-state index in [0.29, 0.717) is 43.6 Å². The molecule has 0 bridgehead atoms. The number of aliphatic carboxylic acids is 1. The minimum absolute atomic E-state index is 0.160. The maximum Gasteiger partial charge on any atom is 0.328 e. The number of benzene rings is 2. The second kappa shape index (κ2) is 9.85. The second-order valence-electron chi connectivity index (χ2n) is 8.71. The largest absolute Gasteiger partial charge is 0.478 e. The molecule has 3 heterocycles. The summed E-state index contributed by atoms with van der Waals surface area (Å²) in [4.78, 5) is 30.8. The molecule has 0 spiro atoms. The Kier molecular flexibility index (Phi) is 6.62. The van der Waals surface area contributed by atoms with Crippen molar-refractivity contribution in [2.45, 2.75) is 13.0 Å². The van der Waals surface area contributed by atoms with E-state index in [0.717, 1.165) is 31.1 Å². The fraction of sp³-hybridized carbons (Fsp3) is 0.185. The predicted octanol–water partition coefficient (Wildman–Crippen LogP) is 5.53. The van der Waals surface area contributed by atoms with Crippen LogP contribution < -0.4 is 10.2 Å². The van der Waals surface area contributed by atoms with Gasteiger partial charge >= 0.3 is 5.97 Å². The first-order valence-electron chi connectivity index (χ1n) is 11.6. The van der Waals surface area contributed by atoms with Crippen molar-refractivity contribution < 1.29 is 14.7 Å². The van der Waals surface area contributed by atoms with E-state index in [1.165, 1.54) is 6.08 Å². The van der Waals surface area contributed by atoms with Crippen molar-refractivity contribution in [3.05, 3.63) is 82.1 Å². The third-order valence-corrected chi connectivity index (χ3v) is 7.11. The van der Waals surface area contributed by atoms with E-state index in [4.69, 9.17) is 28.3 Å². The number of carbonyl (C=O) groups excluding carboxylic acids is 1. The number of hydrogen-bond donors (Lipinski definition) is 3. The average Bonchev–Trinajstić information content (AvgIpc) is 3.48. The lowest BCUT2D eigenvalue weighted by Gasteiger charge is -2.35. The van der Waals surface area contributed by atoms with E-state index in [2.05, 4.69) is 22.1 Å². The monoisotopic (exact) mass is 522 g/mol. The van der Waals surface area contributed by atoms with Crippen molar-refractivity contribution in [3.63, 3.8) is 0 Å². The molecule has 9 heteroatoms. The lowest BCUT2D eigenvalue weighted by molar-refractivity contribution is -0.131. The van der Waals surface area contributed by atoms with Crippen LogP contribution >= 0.6 is 23.2 Å². The number of nitrogens with zero attached hydrogens (tertiary/aromatic N) is 2. The Labute approximate surface area is 217 Å². The van der Waals surface area contributed by atoms with Crippen LogP contribution in [0.3, 0.4) is 0 Å². The molecular weight excluding hydrogens is 499 g/mol. The fourth-order valence-corrected chi connectivity index (χ4v) is 5.38. The van der Waals surface area contributed by atoms with Crippen LogP contribution in [0, 0.1) is 0 Å². The summed E-state index contributed by atoms with van der Waals surface area (Å²) < 4.78 is 1.58. The molecule has 2 aromatic carbocycles. The number of carbonyl (C=O) groups is 2. The van der Waals surface area contributed by atoms with Crippen LogP contribution in [-0.2, 0) is 4.79 Å². The summed E-state index contributed by atoms with van der Waals surface area (Å²) in [6.45, 7) is 4.43. The molecule has 1 fully saturated rings. The number of halogens is 2. The van der Waals surface area contributed by atoms with Gasteiger partial charge in [-0.3, -0.25) is 9.36 Å². The number of aromatic amines is 1. The smallest absolute Gasteiger partial charge is 0.328 e. The van der Waals surface area contributed by atoms with Crippen molar-refractivity contribution in [1.29, 1.82) is 0 Å². The second-order valence-corrected chi connectivity index (χ2v) is 9.53. The molecule has 3 N–H and O–H groups in total. The van der Waals surface area contributed by atoms with E-state index in [-0.39, 0.29) is 11.9 Å². The van der Waals surface area contributed by atoms with Crippen molar-refractivity contribution in [2.75, 3.05) is 24.5 Å². The normalized spacial score (nSPS) is 16.2. The van der Waals surface area contributed by atoms with E-state index in [9.17, 15) is 9.59 Å². The maximum atomic E-state index is 14.2. The van der Waals surface area contributed by atoms with Crippen molar-refractivity contribution >= 4 is 57.9 Å². The predicted molar refractivity (Wildman–Crippen MR) is 144 cm³/mol. The van der Waals surface area contributed by atoms with E-state index >= 15 is 0 Å². The summed E-state index contributed by atoms with van der Waals surface area (Å²) in [5, 5.41) is 14.1. The van der Waals surface area contributed by atoms with Crippen molar-refractivity contribution in [3.8, 4) is 11.1 Å². The number of hydrogen-bond acceptors (Lipinski definition) is 4. The summed E-state index contributed by atoms with van der Waals surface area (Å²) in [6.07, 6.45) is 6.11. The number of carboxylic acid groups (broad SMARTS) is 1. The topological polar surface area (TPSA) is 90.4 Å². The summed E-state index contributed by atoms with van der Waals surface area (Å²) in [5.41, 5.74) is 3.07. The van der Waals surface area contributed by atoms with E-state index in [1.807, 2.05) is 18.2 Å². The molecule has 7 nitrogen and oxygen atoms in total. The molecular formula is C27H24Cl2N4O3. The van der Waals surface area contributed by atoms with Gasteiger partial charge in [-0.25, -0.2) is 4.79 Å². The Morgan fingerprint density at radius 1 is 1.11 bits per heavy atom. The van der Waals surface area contributed by atoms with Gasteiger partial charge in [0.05, 0.1) is 11.1 Å². The molecule has 5 rings (SSSR count). The van der Waals surface area contributed by atoms with Gasteiger partial charge in [-0.1, -0.05) is 41.4 Å². The van der Waals surface area contributed by atoms with Gasteiger partial charge in [-0.15, -0.1) is 0 Å². The summed E-state index contributed by atoms with van der Waals surface area (Å²) in [7, 11) is 0. The van der Waals surface area contributed by atoms with Crippen LogP contribution in [0.15, 0.2) is 60.9 Å². The molecule has 184 valence electrons. The van der Waals surface area contributed by atoms with Crippen LogP contribution in [-0.4, -0.2) is 52.2 Å². The molecule has 2 aromatic heterocycles. The highest BCUT2D eigenvalue weighted by Crippen LogP contribution is 2.41. The minimum atomic E-state index is -1.04. The number of piperazine rings is 1. The van der Waals surface area contributed by atoms with Crippen LogP contribution in [0.5, 0.6) is 0 Å². The first-order chi connectivity index (χ1) is 17.4. The fourth-order valence-electron chi connectivity index (χ4n) is 4.78. The van der Waals surface area contributed by atoms with E-state index < -0.39 is 5.97 Å². The zero-order valence-electron chi connectivity index (χ0n) is 19.5. The summed E-state index contributed by atoms with van der Waals surface area (Å²) >= 11 is 13.1. The zero-order chi connectivity index (χ0) is 25.4. The molecule has 36 heavy (non-hydrogen) atoms. The van der Waals surface area contributed by atoms with Crippen molar-refractivity contribution in [1.82, 2.24) is 14.9 Å². The number of aromatic nitrogens is 2. The summed E-state index contributed by atoms with van der Waals surface area (Å²) in [5.74, 6) is -0.563. The Morgan fingerprint density at radius 3 is 2.58 bits per heavy atom. The molecule has 1 aliphatic heterocycles. The molecule has 1 saturated heterocycles. The SMILES string of the molecule is C[C@@H]1CNCCN1c1[nH]cc(-c2c(Cl)cccc2Cl)c1C(=O)n1ccc2c(/C=C/C(=O)O)cccc21. The highest BCUT2D eigenvalue weighted by Gasteiger charge is 2.30. The van der Waals surface area contributed by atoms with Gasteiger partial charge in [0.1, 0.15) is 5.82 Å². The van der Waals surface area contributed by atoms with Gasteiger partial charge in [-0.2, -0.15) is 0 Å². The Bertz CT molecular complexity index is 1480. The third kappa shape index (κ3) is 4.30. The quantitative estimate of drug-likeness (QED) is 0.300. The number of rotatable bonds is 5. The molecule has 0 amide bonds. The van der Waals surface area contributed by atoms with Gasteiger partial charge in [-0.05, 0) is 42.8 Å². The van der Waals surface area contributed by atoms with E-state index in [1.54, 1.807) is 41.2 Å². The number of H-pyrrole nitrogens is 1. The maximum absolute atomic E-state index is 14.2. The van der Waals surface area contributed by atoms with Crippen LogP contribution in [0.2, 0.25) is 10.0 Å². The molecule has 0 saturated carbocycles. The zero-order valence-corrected chi connectivity index (χ0v) is 21.0. The lowest BCUT2D eigenvalue weighted by Crippen LogP contribution is -2.50. The van der Waals surface area contributed by atoms with Crippen LogP contribution in [0.25, 0.3) is 28.1 Å². The Morgan fingerprint density at radius 2 is 1.86 bits per heavy atom. The third-order valence-electron chi connectivity index (χ3n) is 6.48. The Balaban J connectivity index is 1.70. The van der Waals surface area contributed by atoms with Crippen LogP contribution in [0.1, 0.15) is 22.8 Å². The van der Waals surface area contributed by atoms with Crippen LogP contribution in [0.4, 0.5) is 5.82 Å². The highest BCUT2D eigenvalue weighted by molar-refractivity contribution is 6.39. The average molecular weight is 523 g/mol.